The molecule has 0 saturated heterocycles. The van der Waals surface area contributed by atoms with E-state index in [-0.39, 0.29) is 28.4 Å². The molecule has 2 aromatic carbocycles. The van der Waals surface area contributed by atoms with Crippen LogP contribution in [0.5, 0.6) is 5.75 Å². The van der Waals surface area contributed by atoms with Crippen LogP contribution in [0.15, 0.2) is 33.5 Å². The highest BCUT2D eigenvalue weighted by Crippen LogP contribution is 2.37. The van der Waals surface area contributed by atoms with Crippen LogP contribution in [0.4, 0.5) is 4.39 Å². The molecule has 6 heteroatoms. The van der Waals surface area contributed by atoms with E-state index in [1.54, 1.807) is 6.92 Å². The SMILES string of the molecule is Cc1c2c(cc3c(=O)c4c(F)cccc4oc13)CC(C(=O)O)O2. The molecule has 2 heterocycles. The zero-order chi connectivity index (χ0) is 16.3. The molecule has 0 bridgehead atoms. The molecule has 1 N–H and O–H groups in total. The molecule has 4 rings (SSSR count). The van der Waals surface area contributed by atoms with Crippen molar-refractivity contribution in [1.82, 2.24) is 0 Å². The molecule has 0 spiro atoms. The number of ether oxygens (including phenoxy) is 1. The third-order valence-corrected chi connectivity index (χ3v) is 4.14. The van der Waals surface area contributed by atoms with Crippen molar-refractivity contribution in [3.8, 4) is 5.75 Å². The lowest BCUT2D eigenvalue weighted by molar-refractivity contribution is -0.144. The highest BCUT2D eigenvalue weighted by atomic mass is 19.1. The highest BCUT2D eigenvalue weighted by molar-refractivity contribution is 5.93. The lowest BCUT2D eigenvalue weighted by Crippen LogP contribution is -2.24. The van der Waals surface area contributed by atoms with Crippen LogP contribution in [0.3, 0.4) is 0 Å². The Kier molecular flexibility index (Phi) is 2.72. The lowest BCUT2D eigenvalue weighted by Gasteiger charge is -2.09. The second-order valence-corrected chi connectivity index (χ2v) is 5.56. The number of hydrogen-bond acceptors (Lipinski definition) is 4. The van der Waals surface area contributed by atoms with Gasteiger partial charge in [-0.1, -0.05) is 6.07 Å². The number of carboxylic acid groups (broad SMARTS) is 1. The number of rotatable bonds is 1. The molecular formula is C17H11FO5. The second-order valence-electron chi connectivity index (χ2n) is 5.56. The van der Waals surface area contributed by atoms with Gasteiger partial charge in [0.15, 0.2) is 6.10 Å². The van der Waals surface area contributed by atoms with Crippen molar-refractivity contribution < 1.29 is 23.4 Å². The Balaban J connectivity index is 2.09. The van der Waals surface area contributed by atoms with Gasteiger partial charge in [0.2, 0.25) is 5.43 Å². The predicted octanol–water partition coefficient (Wildman–Crippen LogP) is 2.78. The summed E-state index contributed by atoms with van der Waals surface area (Å²) in [6.45, 7) is 1.69. The quantitative estimate of drug-likeness (QED) is 0.699. The van der Waals surface area contributed by atoms with Crippen molar-refractivity contribution in [2.75, 3.05) is 0 Å². The van der Waals surface area contributed by atoms with Gasteiger partial charge < -0.3 is 14.3 Å². The average molecular weight is 314 g/mol. The van der Waals surface area contributed by atoms with Gasteiger partial charge in [-0.05, 0) is 30.7 Å². The minimum atomic E-state index is -1.07. The zero-order valence-electron chi connectivity index (χ0n) is 12.1. The maximum atomic E-state index is 14.0. The number of fused-ring (bicyclic) bond motifs is 3. The maximum absolute atomic E-state index is 14.0. The minimum Gasteiger partial charge on any atom is -0.478 e. The summed E-state index contributed by atoms with van der Waals surface area (Å²) in [7, 11) is 0. The van der Waals surface area contributed by atoms with Crippen molar-refractivity contribution in [1.29, 1.82) is 0 Å². The van der Waals surface area contributed by atoms with Crippen molar-refractivity contribution in [2.24, 2.45) is 0 Å². The summed E-state index contributed by atoms with van der Waals surface area (Å²) in [5, 5.41) is 9.23. The van der Waals surface area contributed by atoms with E-state index in [9.17, 15) is 14.0 Å². The third kappa shape index (κ3) is 1.84. The van der Waals surface area contributed by atoms with Gasteiger partial charge in [-0.25, -0.2) is 9.18 Å². The summed E-state index contributed by atoms with van der Waals surface area (Å²) in [6.07, 6.45) is -0.822. The summed E-state index contributed by atoms with van der Waals surface area (Å²) in [5.41, 5.74) is 1.13. The molecule has 1 aliphatic heterocycles. The Hall–Kier alpha value is -2.89. The molecule has 3 aromatic rings. The van der Waals surface area contributed by atoms with Gasteiger partial charge in [-0.15, -0.1) is 0 Å². The largest absolute Gasteiger partial charge is 0.478 e. The van der Waals surface area contributed by atoms with Crippen LogP contribution < -0.4 is 10.2 Å². The Bertz CT molecular complexity index is 1050. The van der Waals surface area contributed by atoms with Crippen molar-refractivity contribution in [3.63, 3.8) is 0 Å². The number of benzene rings is 2. The summed E-state index contributed by atoms with van der Waals surface area (Å²) in [4.78, 5) is 23.7. The van der Waals surface area contributed by atoms with E-state index in [1.165, 1.54) is 24.3 Å². The fourth-order valence-corrected chi connectivity index (χ4v) is 3.04. The van der Waals surface area contributed by atoms with Gasteiger partial charge in [-0.2, -0.15) is 0 Å². The molecule has 0 aliphatic carbocycles. The maximum Gasteiger partial charge on any atom is 0.345 e. The van der Waals surface area contributed by atoms with Crippen molar-refractivity contribution >= 4 is 27.9 Å². The Morgan fingerprint density at radius 3 is 2.91 bits per heavy atom. The number of aliphatic carboxylic acids is 1. The molecule has 1 atom stereocenters. The molecule has 0 amide bonds. The van der Waals surface area contributed by atoms with E-state index in [1.807, 2.05) is 0 Å². The smallest absolute Gasteiger partial charge is 0.345 e. The third-order valence-electron chi connectivity index (χ3n) is 4.14. The fourth-order valence-electron chi connectivity index (χ4n) is 3.04. The molecule has 1 unspecified atom stereocenters. The van der Waals surface area contributed by atoms with Crippen molar-refractivity contribution in [2.45, 2.75) is 19.4 Å². The average Bonchev–Trinajstić information content (AvgIpc) is 2.94. The van der Waals surface area contributed by atoms with Gasteiger partial charge in [0.05, 0.1) is 5.39 Å². The monoisotopic (exact) mass is 314 g/mol. The molecule has 1 aliphatic rings. The molecule has 23 heavy (non-hydrogen) atoms. The Labute approximate surface area is 128 Å². The molecule has 1 aromatic heterocycles. The van der Waals surface area contributed by atoms with Gasteiger partial charge in [0.25, 0.3) is 0 Å². The van der Waals surface area contributed by atoms with Gasteiger partial charge >= 0.3 is 5.97 Å². The van der Waals surface area contributed by atoms with Crippen LogP contribution in [0.25, 0.3) is 21.9 Å². The van der Waals surface area contributed by atoms with E-state index in [4.69, 9.17) is 14.3 Å². The number of aryl methyl sites for hydroxylation is 1. The number of hydrogen-bond donors (Lipinski definition) is 1. The second kappa shape index (κ2) is 4.55. The molecular weight excluding hydrogens is 303 g/mol. The molecule has 5 nitrogen and oxygen atoms in total. The van der Waals surface area contributed by atoms with E-state index >= 15 is 0 Å². The topological polar surface area (TPSA) is 76.7 Å². The first-order chi connectivity index (χ1) is 11.0. The zero-order valence-corrected chi connectivity index (χ0v) is 12.1. The first-order valence-electron chi connectivity index (χ1n) is 7.04. The van der Waals surface area contributed by atoms with Crippen LogP contribution in [0.1, 0.15) is 11.1 Å². The summed E-state index contributed by atoms with van der Waals surface area (Å²) < 4.78 is 25.1. The normalized spacial score (nSPS) is 16.5. The van der Waals surface area contributed by atoms with E-state index < -0.39 is 23.3 Å². The fraction of sp³-hybridized carbons (Fsp3) is 0.176. The molecule has 0 saturated carbocycles. The lowest BCUT2D eigenvalue weighted by atomic mass is 10.0. The number of carbonyl (C=O) groups is 1. The minimum absolute atomic E-state index is 0.104. The van der Waals surface area contributed by atoms with Crippen LogP contribution in [-0.4, -0.2) is 17.2 Å². The molecule has 0 fully saturated rings. The van der Waals surface area contributed by atoms with Crippen molar-refractivity contribution in [3.05, 3.63) is 51.4 Å². The van der Waals surface area contributed by atoms with E-state index in [0.29, 0.717) is 16.9 Å². The first-order valence-corrected chi connectivity index (χ1v) is 7.04. The highest BCUT2D eigenvalue weighted by Gasteiger charge is 2.32. The van der Waals surface area contributed by atoms with E-state index in [2.05, 4.69) is 0 Å². The summed E-state index contributed by atoms with van der Waals surface area (Å²) >= 11 is 0. The number of carboxylic acids is 1. The first kappa shape index (κ1) is 13.8. The Morgan fingerprint density at radius 2 is 2.17 bits per heavy atom. The van der Waals surface area contributed by atoms with Crippen LogP contribution in [0.2, 0.25) is 0 Å². The standard InChI is InChI=1S/C17H11FO5/c1-7-15-8(6-12(23-15)17(20)21)5-9-14(19)13-10(18)3-2-4-11(13)22-16(7)9/h2-5,12H,6H2,1H3,(H,20,21). The van der Waals surface area contributed by atoms with E-state index in [0.717, 1.165) is 0 Å². The molecule has 0 radical (unpaired) electrons. The molecule has 116 valence electrons. The predicted molar refractivity (Wildman–Crippen MR) is 80.4 cm³/mol. The van der Waals surface area contributed by atoms with Gasteiger partial charge in [-0.3, -0.25) is 4.79 Å². The van der Waals surface area contributed by atoms with Crippen LogP contribution in [0, 0.1) is 12.7 Å². The Morgan fingerprint density at radius 1 is 1.39 bits per heavy atom. The number of halogens is 1. The summed E-state index contributed by atoms with van der Waals surface area (Å²) in [5.74, 6) is -1.29. The van der Waals surface area contributed by atoms with Gasteiger partial charge in [0.1, 0.15) is 28.1 Å². The van der Waals surface area contributed by atoms with Crippen LogP contribution >= 0.6 is 0 Å². The van der Waals surface area contributed by atoms with Crippen LogP contribution in [-0.2, 0) is 11.2 Å². The summed E-state index contributed by atoms with van der Waals surface area (Å²) in [6, 6.07) is 5.73. The van der Waals surface area contributed by atoms with Gasteiger partial charge in [0, 0.05) is 12.0 Å².